The first-order chi connectivity index (χ1) is 12.9. The first-order valence-electron chi connectivity index (χ1n) is 7.95. The summed E-state index contributed by atoms with van der Waals surface area (Å²) in [5, 5.41) is 1.20. The van der Waals surface area contributed by atoms with Crippen LogP contribution in [0.3, 0.4) is 0 Å². The lowest BCUT2D eigenvalue weighted by Gasteiger charge is -2.07. The number of nitrogens with zero attached hydrogens (tertiary/aromatic N) is 2. The minimum atomic E-state index is -0.551. The predicted octanol–water partition coefficient (Wildman–Crippen LogP) is 3.44. The molecule has 0 unspecified atom stereocenters. The largest absolute Gasteiger partial charge is 0.484 e. The van der Waals surface area contributed by atoms with Crippen LogP contribution in [0.15, 0.2) is 58.4 Å². The summed E-state index contributed by atoms with van der Waals surface area (Å²) < 4.78 is 5.29. The van der Waals surface area contributed by atoms with Gasteiger partial charge in [0.2, 0.25) is 0 Å². The molecule has 2 aromatic rings. The van der Waals surface area contributed by atoms with Gasteiger partial charge in [-0.1, -0.05) is 23.7 Å². The van der Waals surface area contributed by atoms with Gasteiger partial charge < -0.3 is 10.5 Å². The van der Waals surface area contributed by atoms with Crippen molar-refractivity contribution in [3.63, 3.8) is 0 Å². The number of hydrogen-bond donors (Lipinski definition) is 1. The summed E-state index contributed by atoms with van der Waals surface area (Å²) in [6, 6.07) is 14.1. The normalized spacial score (nSPS) is 17.0. The highest BCUT2D eigenvalue weighted by Gasteiger charge is 2.30. The average Bonchev–Trinajstić information content (AvgIpc) is 2.90. The lowest BCUT2D eigenvalue weighted by atomic mass is 10.2. The molecule has 0 bridgehead atoms. The number of carbonyl (C=O) groups is 2. The number of nitrogens with two attached hydrogens (primary N) is 1. The summed E-state index contributed by atoms with van der Waals surface area (Å²) in [5.74, 6) is -0.192. The number of likely N-dealkylation sites (N-methyl/N-ethyl adjacent to an activating group) is 1. The zero-order valence-corrected chi connectivity index (χ0v) is 16.0. The molecule has 2 amide bonds. The van der Waals surface area contributed by atoms with Crippen molar-refractivity contribution in [1.82, 2.24) is 4.90 Å². The summed E-state index contributed by atoms with van der Waals surface area (Å²) in [6.07, 6.45) is 1.75. The van der Waals surface area contributed by atoms with Gasteiger partial charge in [0.1, 0.15) is 5.75 Å². The van der Waals surface area contributed by atoms with Gasteiger partial charge in [-0.2, -0.15) is 0 Å². The van der Waals surface area contributed by atoms with Crippen LogP contribution in [0.25, 0.3) is 6.08 Å². The molecule has 8 heteroatoms. The lowest BCUT2D eigenvalue weighted by molar-refractivity contribution is -0.121. The van der Waals surface area contributed by atoms with Crippen LogP contribution in [0.5, 0.6) is 5.75 Å². The molecule has 3 rings (SSSR count). The van der Waals surface area contributed by atoms with Crippen LogP contribution in [0.4, 0.5) is 5.69 Å². The van der Waals surface area contributed by atoms with E-state index in [1.807, 2.05) is 6.07 Å². The van der Waals surface area contributed by atoms with Crippen LogP contribution in [0.1, 0.15) is 5.56 Å². The Morgan fingerprint density at radius 1 is 1.30 bits per heavy atom. The third kappa shape index (κ3) is 4.90. The van der Waals surface area contributed by atoms with E-state index in [0.29, 0.717) is 26.5 Å². The van der Waals surface area contributed by atoms with Crippen LogP contribution in [0.2, 0.25) is 5.02 Å². The molecule has 27 heavy (non-hydrogen) atoms. The summed E-state index contributed by atoms with van der Waals surface area (Å²) in [6.45, 7) is -0.200. The fourth-order valence-corrected chi connectivity index (χ4v) is 3.39. The van der Waals surface area contributed by atoms with Crippen LogP contribution in [0, 0.1) is 0 Å². The molecule has 0 aromatic heterocycles. The standard InChI is InChI=1S/C19H16ClN3O3S/c1-23-18(25)16(27-19(23)22-14-7-5-13(20)6-8-14)10-12-3-2-4-15(9-12)26-11-17(21)24/h2-10H,11H2,1H3,(H2,21,24)/b16-10+,22-19?. The van der Waals surface area contributed by atoms with E-state index in [4.69, 9.17) is 22.1 Å². The highest BCUT2D eigenvalue weighted by Crippen LogP contribution is 2.33. The highest BCUT2D eigenvalue weighted by molar-refractivity contribution is 8.18. The minimum absolute atomic E-state index is 0.142. The molecular weight excluding hydrogens is 386 g/mol. The number of amidine groups is 1. The molecule has 0 radical (unpaired) electrons. The van der Waals surface area contributed by atoms with Crippen LogP contribution < -0.4 is 10.5 Å². The van der Waals surface area contributed by atoms with Crippen molar-refractivity contribution in [2.24, 2.45) is 10.7 Å². The third-order valence-corrected chi connectivity index (χ3v) is 4.90. The van der Waals surface area contributed by atoms with Gasteiger partial charge in [0.25, 0.3) is 11.8 Å². The van der Waals surface area contributed by atoms with E-state index in [-0.39, 0.29) is 12.5 Å². The molecule has 1 aliphatic rings. The maximum absolute atomic E-state index is 12.5. The Morgan fingerprint density at radius 3 is 2.74 bits per heavy atom. The highest BCUT2D eigenvalue weighted by atomic mass is 35.5. The monoisotopic (exact) mass is 401 g/mol. The Balaban J connectivity index is 1.81. The molecule has 138 valence electrons. The van der Waals surface area contributed by atoms with Crippen molar-refractivity contribution in [2.45, 2.75) is 0 Å². The smallest absolute Gasteiger partial charge is 0.266 e. The SMILES string of the molecule is CN1C(=O)/C(=C\c2cccc(OCC(N)=O)c2)SC1=Nc1ccc(Cl)cc1. The number of carbonyl (C=O) groups excluding carboxylic acids is 2. The van der Waals surface area contributed by atoms with Crippen LogP contribution in [-0.2, 0) is 9.59 Å². The molecule has 0 saturated carbocycles. The molecule has 1 saturated heterocycles. The van der Waals surface area contributed by atoms with E-state index in [2.05, 4.69) is 4.99 Å². The molecule has 6 nitrogen and oxygen atoms in total. The van der Waals surface area contributed by atoms with E-state index >= 15 is 0 Å². The van der Waals surface area contributed by atoms with Gasteiger partial charge in [0, 0.05) is 12.1 Å². The quantitative estimate of drug-likeness (QED) is 0.777. The Bertz CT molecular complexity index is 941. The molecule has 0 aliphatic carbocycles. The maximum Gasteiger partial charge on any atom is 0.266 e. The first-order valence-corrected chi connectivity index (χ1v) is 9.15. The van der Waals surface area contributed by atoms with Crippen molar-refractivity contribution >= 4 is 52.1 Å². The summed E-state index contributed by atoms with van der Waals surface area (Å²) >= 11 is 7.17. The van der Waals surface area contributed by atoms with Gasteiger partial charge in [0.15, 0.2) is 11.8 Å². The molecular formula is C19H16ClN3O3S. The molecule has 1 fully saturated rings. The summed E-state index contributed by atoms with van der Waals surface area (Å²) in [4.78, 5) is 29.9. The second-order valence-corrected chi connectivity index (χ2v) is 7.12. The van der Waals surface area contributed by atoms with Crippen molar-refractivity contribution in [3.05, 3.63) is 64.0 Å². The van der Waals surface area contributed by atoms with Crippen molar-refractivity contribution in [2.75, 3.05) is 13.7 Å². The lowest BCUT2D eigenvalue weighted by Crippen LogP contribution is -2.23. The Morgan fingerprint density at radius 2 is 2.04 bits per heavy atom. The second kappa shape index (κ2) is 8.28. The maximum atomic E-state index is 12.5. The Hall–Kier alpha value is -2.77. The number of primary amides is 1. The number of halogens is 1. The molecule has 2 N–H and O–H groups in total. The topological polar surface area (TPSA) is 85.0 Å². The Labute approximate surface area is 165 Å². The van der Waals surface area contributed by atoms with Gasteiger partial charge in [-0.25, -0.2) is 4.99 Å². The fourth-order valence-electron chi connectivity index (χ4n) is 2.28. The van der Waals surface area contributed by atoms with E-state index in [9.17, 15) is 9.59 Å². The zero-order valence-electron chi connectivity index (χ0n) is 14.4. The van der Waals surface area contributed by atoms with Crippen LogP contribution in [-0.4, -0.2) is 35.5 Å². The zero-order chi connectivity index (χ0) is 19.4. The number of thioether (sulfide) groups is 1. The summed E-state index contributed by atoms with van der Waals surface area (Å²) in [7, 11) is 1.68. The molecule has 1 aliphatic heterocycles. The minimum Gasteiger partial charge on any atom is -0.484 e. The number of ether oxygens (including phenoxy) is 1. The van der Waals surface area contributed by atoms with Gasteiger partial charge in [-0.05, 0) is 59.8 Å². The van der Waals surface area contributed by atoms with Crippen molar-refractivity contribution in [3.8, 4) is 5.75 Å². The number of rotatable bonds is 5. The molecule has 0 spiro atoms. The first kappa shape index (κ1) is 19.0. The van der Waals surface area contributed by atoms with Gasteiger partial charge in [-0.15, -0.1) is 0 Å². The van der Waals surface area contributed by atoms with Crippen molar-refractivity contribution < 1.29 is 14.3 Å². The Kier molecular flexibility index (Phi) is 5.83. The van der Waals surface area contributed by atoms with E-state index in [1.54, 1.807) is 55.6 Å². The number of amides is 2. The molecule has 2 aromatic carbocycles. The van der Waals surface area contributed by atoms with Crippen LogP contribution >= 0.6 is 23.4 Å². The molecule has 0 atom stereocenters. The number of benzene rings is 2. The number of aliphatic imine (C=N–C) groups is 1. The van der Waals surface area contributed by atoms with E-state index in [0.717, 1.165) is 5.56 Å². The van der Waals surface area contributed by atoms with Crippen molar-refractivity contribution in [1.29, 1.82) is 0 Å². The van der Waals surface area contributed by atoms with E-state index < -0.39 is 5.91 Å². The second-order valence-electron chi connectivity index (χ2n) is 5.67. The fraction of sp³-hybridized carbons (Fsp3) is 0.105. The van der Waals surface area contributed by atoms with Gasteiger partial charge >= 0.3 is 0 Å². The predicted molar refractivity (Wildman–Crippen MR) is 108 cm³/mol. The van der Waals surface area contributed by atoms with Gasteiger partial charge in [-0.3, -0.25) is 14.5 Å². The summed E-state index contributed by atoms with van der Waals surface area (Å²) in [5.41, 5.74) is 6.57. The number of hydrogen-bond acceptors (Lipinski definition) is 5. The third-order valence-electron chi connectivity index (χ3n) is 3.59. The van der Waals surface area contributed by atoms with Gasteiger partial charge in [0.05, 0.1) is 10.6 Å². The average molecular weight is 402 g/mol. The molecule has 1 heterocycles. The van der Waals surface area contributed by atoms with E-state index in [1.165, 1.54) is 16.7 Å².